The van der Waals surface area contributed by atoms with Gasteiger partial charge in [-0.3, -0.25) is 9.69 Å². The van der Waals surface area contributed by atoms with Crippen LogP contribution >= 0.6 is 0 Å². The molecular formula is C22H28FN3O. The summed E-state index contributed by atoms with van der Waals surface area (Å²) in [6, 6.07) is 14.7. The average Bonchev–Trinajstić information content (AvgIpc) is 2.67. The Morgan fingerprint density at radius 1 is 1.26 bits per heavy atom. The van der Waals surface area contributed by atoms with Gasteiger partial charge in [-0.05, 0) is 41.3 Å². The van der Waals surface area contributed by atoms with Crippen LogP contribution in [0.25, 0.3) is 0 Å². The SMILES string of the molecule is CC(C)CNC(=O)c1cccc(CN2CCNCC2c2cccc(F)c2)c1. The highest BCUT2D eigenvalue weighted by Gasteiger charge is 2.24. The summed E-state index contributed by atoms with van der Waals surface area (Å²) < 4.78 is 13.7. The first-order chi connectivity index (χ1) is 13.0. The number of hydrogen-bond acceptors (Lipinski definition) is 3. The summed E-state index contributed by atoms with van der Waals surface area (Å²) in [5.74, 6) is 0.180. The fourth-order valence-electron chi connectivity index (χ4n) is 3.42. The summed E-state index contributed by atoms with van der Waals surface area (Å²) in [5.41, 5.74) is 2.76. The molecule has 1 aliphatic rings. The Bertz CT molecular complexity index is 778. The molecule has 0 aromatic heterocycles. The highest BCUT2D eigenvalue weighted by molar-refractivity contribution is 5.94. The molecule has 27 heavy (non-hydrogen) atoms. The van der Waals surface area contributed by atoms with E-state index in [0.717, 1.165) is 37.3 Å². The first-order valence-corrected chi connectivity index (χ1v) is 9.60. The van der Waals surface area contributed by atoms with Crippen molar-refractivity contribution in [1.29, 1.82) is 0 Å². The van der Waals surface area contributed by atoms with Gasteiger partial charge in [0.25, 0.3) is 5.91 Å². The maximum absolute atomic E-state index is 13.7. The zero-order chi connectivity index (χ0) is 19.2. The van der Waals surface area contributed by atoms with Crippen LogP contribution in [0, 0.1) is 11.7 Å². The number of piperazine rings is 1. The van der Waals surface area contributed by atoms with E-state index in [0.29, 0.717) is 18.0 Å². The summed E-state index contributed by atoms with van der Waals surface area (Å²) in [7, 11) is 0. The molecule has 1 heterocycles. The van der Waals surface area contributed by atoms with Crippen LogP contribution < -0.4 is 10.6 Å². The number of rotatable bonds is 6. The minimum atomic E-state index is -0.207. The minimum Gasteiger partial charge on any atom is -0.352 e. The molecule has 0 spiro atoms. The van der Waals surface area contributed by atoms with E-state index in [4.69, 9.17) is 0 Å². The summed E-state index contributed by atoms with van der Waals surface area (Å²) in [5, 5.41) is 6.36. The van der Waals surface area contributed by atoms with E-state index < -0.39 is 0 Å². The van der Waals surface area contributed by atoms with Gasteiger partial charge in [0.1, 0.15) is 5.82 Å². The molecule has 2 N–H and O–H groups in total. The van der Waals surface area contributed by atoms with Crippen molar-refractivity contribution in [3.05, 3.63) is 71.0 Å². The van der Waals surface area contributed by atoms with Crippen LogP contribution in [-0.4, -0.2) is 37.0 Å². The second-order valence-corrected chi connectivity index (χ2v) is 7.55. The van der Waals surface area contributed by atoms with Crippen molar-refractivity contribution in [3.63, 3.8) is 0 Å². The molecule has 4 nitrogen and oxygen atoms in total. The van der Waals surface area contributed by atoms with Gasteiger partial charge in [-0.25, -0.2) is 4.39 Å². The Balaban J connectivity index is 1.73. The van der Waals surface area contributed by atoms with Crippen molar-refractivity contribution in [1.82, 2.24) is 15.5 Å². The van der Waals surface area contributed by atoms with E-state index in [9.17, 15) is 9.18 Å². The molecule has 0 saturated carbocycles. The normalized spacial score (nSPS) is 17.9. The number of benzene rings is 2. The molecule has 0 radical (unpaired) electrons. The summed E-state index contributed by atoms with van der Waals surface area (Å²) in [6.07, 6.45) is 0. The highest BCUT2D eigenvalue weighted by Crippen LogP contribution is 2.25. The maximum atomic E-state index is 13.7. The molecule has 0 bridgehead atoms. The number of amides is 1. The van der Waals surface area contributed by atoms with E-state index in [1.165, 1.54) is 6.07 Å². The van der Waals surface area contributed by atoms with Crippen molar-refractivity contribution >= 4 is 5.91 Å². The third-order valence-corrected chi connectivity index (χ3v) is 4.83. The van der Waals surface area contributed by atoms with Gasteiger partial charge >= 0.3 is 0 Å². The lowest BCUT2D eigenvalue weighted by Gasteiger charge is -2.36. The number of halogens is 1. The van der Waals surface area contributed by atoms with E-state index in [2.05, 4.69) is 29.4 Å². The Morgan fingerprint density at radius 2 is 2.07 bits per heavy atom. The van der Waals surface area contributed by atoms with Crippen molar-refractivity contribution in [2.24, 2.45) is 5.92 Å². The number of hydrogen-bond donors (Lipinski definition) is 2. The Hall–Kier alpha value is -2.24. The van der Waals surface area contributed by atoms with Gasteiger partial charge in [0.05, 0.1) is 0 Å². The molecule has 1 amide bonds. The predicted molar refractivity (Wildman–Crippen MR) is 106 cm³/mol. The van der Waals surface area contributed by atoms with E-state index >= 15 is 0 Å². The van der Waals surface area contributed by atoms with Crippen LogP contribution in [0.1, 0.15) is 41.4 Å². The molecule has 1 atom stereocenters. The zero-order valence-corrected chi connectivity index (χ0v) is 16.0. The van der Waals surface area contributed by atoms with Crippen molar-refractivity contribution in [2.45, 2.75) is 26.4 Å². The lowest BCUT2D eigenvalue weighted by Crippen LogP contribution is -2.45. The Morgan fingerprint density at radius 3 is 2.85 bits per heavy atom. The smallest absolute Gasteiger partial charge is 0.251 e. The molecule has 144 valence electrons. The topological polar surface area (TPSA) is 44.4 Å². The van der Waals surface area contributed by atoms with Gasteiger partial charge in [-0.15, -0.1) is 0 Å². The zero-order valence-electron chi connectivity index (χ0n) is 16.0. The molecule has 3 rings (SSSR count). The fourth-order valence-corrected chi connectivity index (χ4v) is 3.42. The average molecular weight is 369 g/mol. The Labute approximate surface area is 160 Å². The lowest BCUT2D eigenvalue weighted by molar-refractivity contribution is 0.0948. The van der Waals surface area contributed by atoms with Crippen LogP contribution in [-0.2, 0) is 6.54 Å². The molecular weight excluding hydrogens is 341 g/mol. The third kappa shape index (κ3) is 5.37. The van der Waals surface area contributed by atoms with Gasteiger partial charge in [0, 0.05) is 44.3 Å². The number of carbonyl (C=O) groups excluding carboxylic acids is 1. The quantitative estimate of drug-likeness (QED) is 0.821. The monoisotopic (exact) mass is 369 g/mol. The molecule has 1 unspecified atom stereocenters. The van der Waals surface area contributed by atoms with Crippen LogP contribution in [0.3, 0.4) is 0 Å². The summed E-state index contributed by atoms with van der Waals surface area (Å²) >= 11 is 0. The standard InChI is InChI=1S/C22H28FN3O/c1-16(2)13-25-22(27)19-7-3-5-17(11-19)15-26-10-9-24-14-21(26)18-6-4-8-20(23)12-18/h3-8,11-12,16,21,24H,9-10,13-15H2,1-2H3,(H,25,27). The van der Waals surface area contributed by atoms with Gasteiger partial charge in [0.2, 0.25) is 0 Å². The van der Waals surface area contributed by atoms with Gasteiger partial charge in [-0.2, -0.15) is 0 Å². The second kappa shape index (κ2) is 9.11. The number of nitrogens with one attached hydrogen (secondary N) is 2. The van der Waals surface area contributed by atoms with E-state index in [1.807, 2.05) is 30.3 Å². The highest BCUT2D eigenvalue weighted by atomic mass is 19.1. The van der Waals surface area contributed by atoms with Gasteiger partial charge in [-0.1, -0.05) is 38.1 Å². The first kappa shape index (κ1) is 19.5. The van der Waals surface area contributed by atoms with Crippen molar-refractivity contribution in [2.75, 3.05) is 26.2 Å². The van der Waals surface area contributed by atoms with E-state index in [1.54, 1.807) is 12.1 Å². The maximum Gasteiger partial charge on any atom is 0.251 e. The predicted octanol–water partition coefficient (Wildman–Crippen LogP) is 3.36. The van der Waals surface area contributed by atoms with Crippen molar-refractivity contribution < 1.29 is 9.18 Å². The molecule has 2 aromatic carbocycles. The van der Waals surface area contributed by atoms with Crippen molar-refractivity contribution in [3.8, 4) is 0 Å². The largest absolute Gasteiger partial charge is 0.352 e. The van der Waals surface area contributed by atoms with Gasteiger partial charge < -0.3 is 10.6 Å². The van der Waals surface area contributed by atoms with Crippen LogP contribution in [0.15, 0.2) is 48.5 Å². The van der Waals surface area contributed by atoms with Crippen LogP contribution in [0.4, 0.5) is 4.39 Å². The molecule has 2 aromatic rings. The molecule has 0 aliphatic carbocycles. The van der Waals surface area contributed by atoms with E-state index in [-0.39, 0.29) is 17.8 Å². The Kier molecular flexibility index (Phi) is 6.58. The third-order valence-electron chi connectivity index (χ3n) is 4.83. The first-order valence-electron chi connectivity index (χ1n) is 9.60. The molecule has 1 fully saturated rings. The number of carbonyl (C=O) groups is 1. The lowest BCUT2D eigenvalue weighted by atomic mass is 10.0. The van der Waals surface area contributed by atoms with Crippen LogP contribution in [0.5, 0.6) is 0 Å². The van der Waals surface area contributed by atoms with Crippen LogP contribution in [0.2, 0.25) is 0 Å². The fraction of sp³-hybridized carbons (Fsp3) is 0.409. The minimum absolute atomic E-state index is 0.0347. The summed E-state index contributed by atoms with van der Waals surface area (Å²) in [6.45, 7) is 8.13. The molecule has 5 heteroatoms. The summed E-state index contributed by atoms with van der Waals surface area (Å²) in [4.78, 5) is 14.7. The molecule has 1 aliphatic heterocycles. The second-order valence-electron chi connectivity index (χ2n) is 7.55. The number of nitrogens with zero attached hydrogens (tertiary/aromatic N) is 1. The van der Waals surface area contributed by atoms with Gasteiger partial charge in [0.15, 0.2) is 0 Å². The molecule has 1 saturated heterocycles.